The number of hydrogen-bond acceptors (Lipinski definition) is 3. The van der Waals surface area contributed by atoms with Crippen LogP contribution in [0.3, 0.4) is 0 Å². The molecule has 2 N–H and O–H groups in total. The number of carbonyl (C=O) groups excluding carboxylic acids is 2. The van der Waals surface area contributed by atoms with E-state index in [1.807, 2.05) is 0 Å². The maximum absolute atomic E-state index is 13.7. The molecule has 0 spiro atoms. The minimum absolute atomic E-state index is 0.112. The van der Waals surface area contributed by atoms with Gasteiger partial charge in [0.2, 0.25) is 5.91 Å². The van der Waals surface area contributed by atoms with Crippen LogP contribution >= 0.6 is 0 Å². The zero-order valence-electron chi connectivity index (χ0n) is 10.3. The van der Waals surface area contributed by atoms with E-state index in [-0.39, 0.29) is 18.7 Å². The molecular weight excluding hydrogens is 239 g/mol. The van der Waals surface area contributed by atoms with E-state index >= 15 is 0 Å². The highest BCUT2D eigenvalue weighted by atomic mass is 19.1. The molecule has 0 aliphatic heterocycles. The van der Waals surface area contributed by atoms with Crippen LogP contribution in [-0.2, 0) is 4.79 Å². The molecule has 0 unspecified atom stereocenters. The molecule has 18 heavy (non-hydrogen) atoms. The smallest absolute Gasteiger partial charge is 0.257 e. The van der Waals surface area contributed by atoms with E-state index in [2.05, 4.69) is 0 Å². The van der Waals surface area contributed by atoms with Crippen LogP contribution in [0, 0.1) is 5.82 Å². The third kappa shape index (κ3) is 3.19. The first-order valence-corrected chi connectivity index (χ1v) is 5.40. The number of amides is 2. The van der Waals surface area contributed by atoms with Crippen molar-refractivity contribution in [1.82, 2.24) is 4.90 Å². The van der Waals surface area contributed by atoms with E-state index in [1.54, 1.807) is 6.92 Å². The Morgan fingerprint density at radius 1 is 1.44 bits per heavy atom. The molecule has 0 saturated heterocycles. The molecule has 0 saturated carbocycles. The lowest BCUT2D eigenvalue weighted by molar-refractivity contribution is -0.118. The predicted molar refractivity (Wildman–Crippen MR) is 63.7 cm³/mol. The fourth-order valence-corrected chi connectivity index (χ4v) is 1.48. The van der Waals surface area contributed by atoms with Crippen LogP contribution in [-0.4, -0.2) is 36.9 Å². The molecule has 1 rings (SSSR count). The fourth-order valence-electron chi connectivity index (χ4n) is 1.48. The van der Waals surface area contributed by atoms with Crippen molar-refractivity contribution < 1.29 is 18.7 Å². The third-order valence-electron chi connectivity index (χ3n) is 2.42. The summed E-state index contributed by atoms with van der Waals surface area (Å²) in [5.74, 6) is -1.58. The van der Waals surface area contributed by atoms with Gasteiger partial charge in [0.15, 0.2) is 0 Å². The van der Waals surface area contributed by atoms with E-state index in [0.717, 1.165) is 6.07 Å². The molecule has 2 amide bonds. The highest BCUT2D eigenvalue weighted by Gasteiger charge is 2.19. The molecule has 98 valence electrons. The summed E-state index contributed by atoms with van der Waals surface area (Å²) in [6.45, 7) is 1.72. The number of halogens is 1. The van der Waals surface area contributed by atoms with Gasteiger partial charge in [-0.1, -0.05) is 0 Å². The Bertz CT molecular complexity index is 463. The number of hydrogen-bond donors (Lipinski definition) is 1. The maximum atomic E-state index is 13.7. The Kier molecular flexibility index (Phi) is 4.65. The standard InChI is InChI=1S/C12H15FN2O3/c1-3-15(7-11(14)16)12(17)9-5-4-8(18-2)6-10(9)13/h4-6H,3,7H2,1-2H3,(H2,14,16). The normalized spacial score (nSPS) is 9.94. The second-order valence-corrected chi connectivity index (χ2v) is 3.63. The molecule has 5 nitrogen and oxygen atoms in total. The van der Waals surface area contributed by atoms with Crippen molar-refractivity contribution in [3.8, 4) is 5.75 Å². The van der Waals surface area contributed by atoms with Crippen LogP contribution in [0.2, 0.25) is 0 Å². The van der Waals surface area contributed by atoms with Crippen LogP contribution in [0.15, 0.2) is 18.2 Å². The first kappa shape index (κ1) is 14.0. The molecule has 0 aliphatic rings. The molecule has 0 bridgehead atoms. The number of methoxy groups -OCH3 is 1. The number of nitrogens with two attached hydrogens (primary N) is 1. The number of primary amides is 1. The summed E-state index contributed by atoms with van der Waals surface area (Å²) < 4.78 is 18.5. The summed E-state index contributed by atoms with van der Waals surface area (Å²) in [6.07, 6.45) is 0. The van der Waals surface area contributed by atoms with E-state index in [0.29, 0.717) is 5.75 Å². The van der Waals surface area contributed by atoms with Crippen molar-refractivity contribution >= 4 is 11.8 Å². The van der Waals surface area contributed by atoms with Gasteiger partial charge in [0.25, 0.3) is 5.91 Å². The SMILES string of the molecule is CCN(CC(N)=O)C(=O)c1ccc(OC)cc1F. The summed E-state index contributed by atoms with van der Waals surface area (Å²) in [7, 11) is 1.40. The topological polar surface area (TPSA) is 72.6 Å². The summed E-state index contributed by atoms with van der Waals surface area (Å²) in [5, 5.41) is 0. The molecule has 1 aromatic rings. The van der Waals surface area contributed by atoms with Gasteiger partial charge in [-0.2, -0.15) is 0 Å². The predicted octanol–water partition coefficient (Wildman–Crippen LogP) is 0.782. The van der Waals surface area contributed by atoms with Gasteiger partial charge in [0.1, 0.15) is 11.6 Å². The van der Waals surface area contributed by atoms with Gasteiger partial charge in [0, 0.05) is 12.6 Å². The van der Waals surface area contributed by atoms with Gasteiger partial charge in [-0.25, -0.2) is 4.39 Å². The number of rotatable bonds is 5. The van der Waals surface area contributed by atoms with Crippen molar-refractivity contribution in [1.29, 1.82) is 0 Å². The molecular formula is C12H15FN2O3. The number of likely N-dealkylation sites (N-methyl/N-ethyl adjacent to an activating group) is 1. The summed E-state index contributed by atoms with van der Waals surface area (Å²) in [4.78, 5) is 23.9. The first-order valence-electron chi connectivity index (χ1n) is 5.40. The molecule has 0 radical (unpaired) electrons. The number of nitrogens with zero attached hydrogens (tertiary/aromatic N) is 1. The Hall–Kier alpha value is -2.11. The Labute approximate surface area is 104 Å². The van der Waals surface area contributed by atoms with Crippen molar-refractivity contribution in [3.05, 3.63) is 29.6 Å². The average molecular weight is 254 g/mol. The zero-order chi connectivity index (χ0) is 13.7. The van der Waals surface area contributed by atoms with Crippen molar-refractivity contribution in [3.63, 3.8) is 0 Å². The van der Waals surface area contributed by atoms with Gasteiger partial charge in [0.05, 0.1) is 19.2 Å². The number of ether oxygens (including phenoxy) is 1. The van der Waals surface area contributed by atoms with Gasteiger partial charge in [-0.3, -0.25) is 9.59 Å². The van der Waals surface area contributed by atoms with Crippen molar-refractivity contribution in [2.75, 3.05) is 20.2 Å². The second-order valence-electron chi connectivity index (χ2n) is 3.63. The first-order chi connectivity index (χ1) is 8.49. The number of benzene rings is 1. The quantitative estimate of drug-likeness (QED) is 0.844. The summed E-state index contributed by atoms with van der Waals surface area (Å²) in [6, 6.07) is 3.92. The monoisotopic (exact) mass is 254 g/mol. The molecule has 0 fully saturated rings. The van der Waals surface area contributed by atoms with Crippen LogP contribution < -0.4 is 10.5 Å². The van der Waals surface area contributed by atoms with E-state index in [9.17, 15) is 14.0 Å². The van der Waals surface area contributed by atoms with Gasteiger partial charge in [-0.15, -0.1) is 0 Å². The highest BCUT2D eigenvalue weighted by Crippen LogP contribution is 2.17. The largest absolute Gasteiger partial charge is 0.497 e. The Balaban J connectivity index is 2.98. The van der Waals surface area contributed by atoms with Crippen LogP contribution in [0.4, 0.5) is 4.39 Å². The molecule has 0 aliphatic carbocycles. The van der Waals surface area contributed by atoms with Gasteiger partial charge in [-0.05, 0) is 19.1 Å². The lowest BCUT2D eigenvalue weighted by Crippen LogP contribution is -2.38. The van der Waals surface area contributed by atoms with Gasteiger partial charge >= 0.3 is 0 Å². The van der Waals surface area contributed by atoms with E-state index in [4.69, 9.17) is 10.5 Å². The maximum Gasteiger partial charge on any atom is 0.257 e. The van der Waals surface area contributed by atoms with Gasteiger partial charge < -0.3 is 15.4 Å². The van der Waals surface area contributed by atoms with E-state index in [1.165, 1.54) is 24.1 Å². The highest BCUT2D eigenvalue weighted by molar-refractivity contribution is 5.96. The minimum Gasteiger partial charge on any atom is -0.497 e. The average Bonchev–Trinajstić information content (AvgIpc) is 2.34. The minimum atomic E-state index is -0.692. The zero-order valence-corrected chi connectivity index (χ0v) is 10.3. The van der Waals surface area contributed by atoms with Crippen LogP contribution in [0.25, 0.3) is 0 Å². The van der Waals surface area contributed by atoms with E-state index < -0.39 is 17.6 Å². The Morgan fingerprint density at radius 3 is 2.56 bits per heavy atom. The fraction of sp³-hybridized carbons (Fsp3) is 0.333. The van der Waals surface area contributed by atoms with Crippen LogP contribution in [0.1, 0.15) is 17.3 Å². The van der Waals surface area contributed by atoms with Crippen molar-refractivity contribution in [2.45, 2.75) is 6.92 Å². The second kappa shape index (κ2) is 6.00. The summed E-state index contributed by atoms with van der Waals surface area (Å²) in [5.41, 5.74) is 4.91. The van der Waals surface area contributed by atoms with Crippen LogP contribution in [0.5, 0.6) is 5.75 Å². The molecule has 1 aromatic carbocycles. The Morgan fingerprint density at radius 2 is 2.11 bits per heavy atom. The molecule has 6 heteroatoms. The molecule has 0 heterocycles. The van der Waals surface area contributed by atoms with Crippen molar-refractivity contribution in [2.24, 2.45) is 5.73 Å². The lowest BCUT2D eigenvalue weighted by atomic mass is 10.1. The lowest BCUT2D eigenvalue weighted by Gasteiger charge is -2.19. The number of carbonyl (C=O) groups is 2. The molecule has 0 aromatic heterocycles. The molecule has 0 atom stereocenters. The summed E-state index contributed by atoms with van der Waals surface area (Å²) >= 11 is 0. The third-order valence-corrected chi connectivity index (χ3v) is 2.42.